The molecule has 0 radical (unpaired) electrons. The summed E-state index contributed by atoms with van der Waals surface area (Å²) in [7, 11) is 0. The third kappa shape index (κ3) is 3.88. The summed E-state index contributed by atoms with van der Waals surface area (Å²) in [4.78, 5) is 15.5. The van der Waals surface area contributed by atoms with Crippen molar-refractivity contribution >= 4 is 27.3 Å². The molecule has 0 spiro atoms. The summed E-state index contributed by atoms with van der Waals surface area (Å²) >= 11 is 1.43. The lowest BCUT2D eigenvalue weighted by atomic mass is 10.1. The average Bonchev–Trinajstić information content (AvgIpc) is 2.89. The van der Waals surface area contributed by atoms with Crippen molar-refractivity contribution in [3.63, 3.8) is 0 Å². The van der Waals surface area contributed by atoms with E-state index in [0.29, 0.717) is 11.4 Å². The molecule has 3 rings (SSSR count). The Kier molecular flexibility index (Phi) is 5.25. The van der Waals surface area contributed by atoms with Crippen molar-refractivity contribution in [3.8, 4) is 0 Å². The summed E-state index contributed by atoms with van der Waals surface area (Å²) in [5.41, 5.74) is 0.865. The van der Waals surface area contributed by atoms with E-state index >= 15 is 0 Å². The summed E-state index contributed by atoms with van der Waals surface area (Å²) in [6.45, 7) is 7.81. The van der Waals surface area contributed by atoms with Gasteiger partial charge in [0, 0.05) is 37.4 Å². The van der Waals surface area contributed by atoms with Crippen LogP contribution in [0.2, 0.25) is 0 Å². The fraction of sp³-hybridized carbons (Fsp3) is 0.471. The topological polar surface area (TPSA) is 44.4 Å². The number of piperazine rings is 1. The molecule has 1 aromatic carbocycles. The summed E-state index contributed by atoms with van der Waals surface area (Å²) in [5, 5.41) is 7.16. The van der Waals surface area contributed by atoms with E-state index in [9.17, 15) is 9.18 Å². The maximum Gasteiger partial charge on any atom is 0.261 e. The van der Waals surface area contributed by atoms with Gasteiger partial charge >= 0.3 is 0 Å². The summed E-state index contributed by atoms with van der Waals surface area (Å²) < 4.78 is 14.3. The number of carbonyl (C=O) groups is 1. The van der Waals surface area contributed by atoms with E-state index < -0.39 is 0 Å². The van der Waals surface area contributed by atoms with E-state index in [-0.39, 0.29) is 11.7 Å². The number of thiophene rings is 1. The highest BCUT2D eigenvalue weighted by Gasteiger charge is 2.16. The van der Waals surface area contributed by atoms with E-state index in [1.807, 2.05) is 6.92 Å². The third-order valence-electron chi connectivity index (χ3n) is 4.25. The Labute approximate surface area is 139 Å². The molecular formula is C17H22FN3OS. The standard InChI is InChI=1S/C17H22FN3OS/c1-12-14-11-13(18)3-4-15(14)23-16(12)17(22)20-5-2-8-21-9-6-19-7-10-21/h3-4,11,19H,2,5-10H2,1H3,(H,20,22). The molecule has 0 aliphatic carbocycles. The molecular weight excluding hydrogens is 313 g/mol. The van der Waals surface area contributed by atoms with Crippen LogP contribution in [0.4, 0.5) is 4.39 Å². The van der Waals surface area contributed by atoms with Gasteiger partial charge in [0.1, 0.15) is 5.82 Å². The molecule has 0 bridgehead atoms. The largest absolute Gasteiger partial charge is 0.351 e. The molecule has 6 heteroatoms. The second kappa shape index (κ2) is 7.38. The first-order chi connectivity index (χ1) is 11.1. The number of hydrogen-bond donors (Lipinski definition) is 2. The Hall–Kier alpha value is -1.50. The number of halogens is 1. The number of amides is 1. The van der Waals surface area contributed by atoms with E-state index in [1.165, 1.54) is 23.5 Å². The summed E-state index contributed by atoms with van der Waals surface area (Å²) in [6.07, 6.45) is 0.949. The molecule has 0 unspecified atom stereocenters. The van der Waals surface area contributed by atoms with Gasteiger partial charge in [0.05, 0.1) is 4.88 Å². The minimum absolute atomic E-state index is 0.0515. The molecule has 23 heavy (non-hydrogen) atoms. The Bertz CT molecular complexity index is 694. The number of benzene rings is 1. The van der Waals surface area contributed by atoms with Crippen LogP contribution in [0.1, 0.15) is 21.7 Å². The monoisotopic (exact) mass is 335 g/mol. The molecule has 0 atom stereocenters. The van der Waals surface area contributed by atoms with Crippen molar-refractivity contribution in [2.24, 2.45) is 0 Å². The number of nitrogens with zero attached hydrogens (tertiary/aromatic N) is 1. The Morgan fingerprint density at radius 1 is 1.39 bits per heavy atom. The van der Waals surface area contributed by atoms with Crippen LogP contribution >= 0.6 is 11.3 Å². The van der Waals surface area contributed by atoms with Gasteiger partial charge < -0.3 is 15.5 Å². The molecule has 1 fully saturated rings. The van der Waals surface area contributed by atoms with E-state index in [1.54, 1.807) is 6.07 Å². The van der Waals surface area contributed by atoms with Crippen molar-refractivity contribution in [2.75, 3.05) is 39.3 Å². The van der Waals surface area contributed by atoms with Gasteiger partial charge in [-0.15, -0.1) is 11.3 Å². The van der Waals surface area contributed by atoms with Crippen molar-refractivity contribution in [3.05, 3.63) is 34.5 Å². The molecule has 2 aromatic rings. The zero-order chi connectivity index (χ0) is 16.2. The summed E-state index contributed by atoms with van der Waals surface area (Å²) in [6, 6.07) is 4.68. The number of fused-ring (bicyclic) bond motifs is 1. The second-order valence-electron chi connectivity index (χ2n) is 5.90. The molecule has 1 amide bonds. The van der Waals surface area contributed by atoms with Gasteiger partial charge in [-0.05, 0) is 49.0 Å². The lowest BCUT2D eigenvalue weighted by molar-refractivity contribution is 0.0955. The van der Waals surface area contributed by atoms with E-state index in [4.69, 9.17) is 0 Å². The molecule has 2 heterocycles. The van der Waals surface area contributed by atoms with Crippen molar-refractivity contribution in [2.45, 2.75) is 13.3 Å². The maximum atomic E-state index is 13.3. The Morgan fingerprint density at radius 3 is 2.96 bits per heavy atom. The van der Waals surface area contributed by atoms with Crippen LogP contribution in [-0.4, -0.2) is 50.1 Å². The van der Waals surface area contributed by atoms with Crippen LogP contribution in [0, 0.1) is 12.7 Å². The molecule has 124 valence electrons. The highest BCUT2D eigenvalue weighted by atomic mass is 32.1. The van der Waals surface area contributed by atoms with Gasteiger partial charge in [-0.3, -0.25) is 4.79 Å². The van der Waals surface area contributed by atoms with Crippen LogP contribution in [0.3, 0.4) is 0 Å². The molecule has 1 saturated heterocycles. The molecule has 1 aliphatic heterocycles. The van der Waals surface area contributed by atoms with Crippen LogP contribution in [-0.2, 0) is 0 Å². The highest BCUT2D eigenvalue weighted by molar-refractivity contribution is 7.21. The number of aryl methyl sites for hydroxylation is 1. The van der Waals surface area contributed by atoms with Gasteiger partial charge in [-0.25, -0.2) is 4.39 Å². The number of rotatable bonds is 5. The van der Waals surface area contributed by atoms with Gasteiger partial charge in [-0.1, -0.05) is 0 Å². The van der Waals surface area contributed by atoms with Gasteiger partial charge in [-0.2, -0.15) is 0 Å². The predicted molar refractivity (Wildman–Crippen MR) is 92.8 cm³/mol. The van der Waals surface area contributed by atoms with Gasteiger partial charge in [0.25, 0.3) is 5.91 Å². The quantitative estimate of drug-likeness (QED) is 0.825. The average molecular weight is 335 g/mol. The Morgan fingerprint density at radius 2 is 2.17 bits per heavy atom. The normalized spacial score (nSPS) is 15.9. The first-order valence-corrected chi connectivity index (χ1v) is 8.87. The van der Waals surface area contributed by atoms with Crippen molar-refractivity contribution < 1.29 is 9.18 Å². The third-order valence-corrected chi connectivity index (χ3v) is 5.52. The first kappa shape index (κ1) is 16.4. The smallest absolute Gasteiger partial charge is 0.261 e. The minimum atomic E-state index is -0.263. The van der Waals surface area contributed by atoms with Crippen molar-refractivity contribution in [1.29, 1.82) is 0 Å². The zero-order valence-electron chi connectivity index (χ0n) is 13.3. The van der Waals surface area contributed by atoms with Crippen molar-refractivity contribution in [1.82, 2.24) is 15.5 Å². The van der Waals surface area contributed by atoms with Crippen LogP contribution in [0.5, 0.6) is 0 Å². The van der Waals surface area contributed by atoms with E-state index in [0.717, 1.165) is 54.8 Å². The minimum Gasteiger partial charge on any atom is -0.351 e. The van der Waals surface area contributed by atoms with Crippen LogP contribution in [0.25, 0.3) is 10.1 Å². The van der Waals surface area contributed by atoms with E-state index in [2.05, 4.69) is 15.5 Å². The van der Waals surface area contributed by atoms with Gasteiger partial charge in [0.15, 0.2) is 0 Å². The fourth-order valence-electron chi connectivity index (χ4n) is 2.93. The molecule has 1 aliphatic rings. The fourth-order valence-corrected chi connectivity index (χ4v) is 4.04. The summed E-state index contributed by atoms with van der Waals surface area (Å²) in [5.74, 6) is -0.314. The Balaban J connectivity index is 1.55. The second-order valence-corrected chi connectivity index (χ2v) is 6.95. The molecule has 1 aromatic heterocycles. The van der Waals surface area contributed by atoms with Gasteiger partial charge in [0.2, 0.25) is 0 Å². The number of hydrogen-bond acceptors (Lipinski definition) is 4. The van der Waals surface area contributed by atoms with Crippen LogP contribution < -0.4 is 10.6 Å². The number of nitrogens with one attached hydrogen (secondary N) is 2. The lowest BCUT2D eigenvalue weighted by Crippen LogP contribution is -2.44. The maximum absolute atomic E-state index is 13.3. The molecule has 4 nitrogen and oxygen atoms in total. The zero-order valence-corrected chi connectivity index (χ0v) is 14.1. The highest BCUT2D eigenvalue weighted by Crippen LogP contribution is 2.31. The first-order valence-electron chi connectivity index (χ1n) is 8.05. The predicted octanol–water partition coefficient (Wildman–Crippen LogP) is 2.37. The molecule has 2 N–H and O–H groups in total. The molecule has 0 saturated carbocycles. The SMILES string of the molecule is Cc1c(C(=O)NCCCN2CCNCC2)sc2ccc(F)cc12. The lowest BCUT2D eigenvalue weighted by Gasteiger charge is -2.27. The van der Waals surface area contributed by atoms with Crippen LogP contribution in [0.15, 0.2) is 18.2 Å². The number of carbonyl (C=O) groups excluding carboxylic acids is 1.